The Morgan fingerprint density at radius 3 is 1.56 bits per heavy atom. The van der Waals surface area contributed by atoms with Crippen LogP contribution in [0.5, 0.6) is 0 Å². The largest absolute Gasteiger partial charge is 0.472 e. The van der Waals surface area contributed by atoms with Crippen LogP contribution in [0.4, 0.5) is 11.6 Å². The van der Waals surface area contributed by atoms with E-state index in [1.165, 1.54) is 34.4 Å². The lowest BCUT2D eigenvalue weighted by molar-refractivity contribution is -0.0608. The van der Waals surface area contributed by atoms with Crippen LogP contribution in [0.25, 0.3) is 22.3 Å². The Morgan fingerprint density at radius 2 is 1.15 bits per heavy atom. The number of phosphoric ester groups is 1. The second-order valence-electron chi connectivity index (χ2n) is 9.32. The van der Waals surface area contributed by atoms with Crippen LogP contribution in [0.3, 0.4) is 0 Å². The van der Waals surface area contributed by atoms with E-state index in [4.69, 9.17) is 30.0 Å². The summed E-state index contributed by atoms with van der Waals surface area (Å²) < 4.78 is 36.5. The van der Waals surface area contributed by atoms with Gasteiger partial charge in [0.2, 0.25) is 0 Å². The first-order valence-corrected chi connectivity index (χ1v) is 13.6. The zero-order valence-corrected chi connectivity index (χ0v) is 21.7. The van der Waals surface area contributed by atoms with E-state index < -0.39 is 70.1 Å². The highest BCUT2D eigenvalue weighted by molar-refractivity contribution is 7.47. The van der Waals surface area contributed by atoms with Crippen molar-refractivity contribution in [3.8, 4) is 0 Å². The van der Waals surface area contributed by atoms with Crippen molar-refractivity contribution in [2.24, 2.45) is 0 Å². The van der Waals surface area contributed by atoms with Crippen molar-refractivity contribution in [3.63, 3.8) is 0 Å². The van der Waals surface area contributed by atoms with E-state index in [1.54, 1.807) is 0 Å². The fourth-order valence-electron chi connectivity index (χ4n) is 4.68. The summed E-state index contributed by atoms with van der Waals surface area (Å²) >= 11 is 0. The predicted molar refractivity (Wildman–Crippen MR) is 133 cm³/mol. The highest BCUT2D eigenvalue weighted by Crippen LogP contribution is 2.45. The summed E-state index contributed by atoms with van der Waals surface area (Å²) in [5.41, 5.74) is 12.5. The summed E-state index contributed by atoms with van der Waals surface area (Å²) in [5.74, 6) is 0.208. The lowest BCUT2D eigenvalue weighted by atomic mass is 10.1. The van der Waals surface area contributed by atoms with Crippen molar-refractivity contribution in [3.05, 3.63) is 25.3 Å². The highest BCUT2D eigenvalue weighted by atomic mass is 31.2. The van der Waals surface area contributed by atoms with Crippen molar-refractivity contribution in [1.82, 2.24) is 39.0 Å². The van der Waals surface area contributed by atoms with Gasteiger partial charge in [0.25, 0.3) is 0 Å². The standard InChI is InChI=1S/C20H25N10O10P/c21-15-9-17(25-3-23-15)29(5-27-9)19-13(33)11(31)7(39-19)1-37-41(35,36)38-2-8-12(32)14(34)20(40-8)30-6-28-10-16(22)24-4-26-18(10)30/h3-8,11-14,19-20,31-34H,1-2H2,(H,35,36)(H2,21,23,25)(H2,22,24,26)/t7-,8-,11-,12-,13+,14+,19-,20-/m1/s1. The van der Waals surface area contributed by atoms with Crippen LogP contribution < -0.4 is 11.5 Å². The molecule has 2 fully saturated rings. The predicted octanol–water partition coefficient (Wildman–Crippen LogP) is -2.80. The third-order valence-corrected chi connectivity index (χ3v) is 7.75. The second-order valence-corrected chi connectivity index (χ2v) is 10.8. The number of anilines is 2. The Hall–Kier alpha value is -3.43. The molecule has 0 amide bonds. The van der Waals surface area contributed by atoms with Crippen LogP contribution >= 0.6 is 7.82 Å². The highest BCUT2D eigenvalue weighted by Gasteiger charge is 2.47. The zero-order valence-electron chi connectivity index (χ0n) is 20.8. The van der Waals surface area contributed by atoms with Crippen molar-refractivity contribution in [2.75, 3.05) is 24.7 Å². The number of phosphoric acid groups is 1. The normalized spacial score (nSPS) is 31.7. The number of ether oxygens (including phenoxy) is 2. The zero-order chi connectivity index (χ0) is 29.1. The Morgan fingerprint density at radius 1 is 0.732 bits per heavy atom. The summed E-state index contributed by atoms with van der Waals surface area (Å²) in [6.07, 6.45) is -5.85. The molecule has 6 heterocycles. The van der Waals surface area contributed by atoms with Crippen LogP contribution in [-0.2, 0) is 23.1 Å². The first-order chi connectivity index (χ1) is 19.6. The Bertz CT molecular complexity index is 1510. The number of fused-ring (bicyclic) bond motifs is 2. The summed E-state index contributed by atoms with van der Waals surface area (Å²) in [6, 6.07) is 0. The van der Waals surface area contributed by atoms with Crippen molar-refractivity contribution >= 4 is 41.8 Å². The van der Waals surface area contributed by atoms with Gasteiger partial charge in [-0.3, -0.25) is 18.2 Å². The average molecular weight is 596 g/mol. The lowest BCUT2D eigenvalue weighted by Gasteiger charge is -2.20. The molecule has 0 radical (unpaired) electrons. The number of hydrogen-bond donors (Lipinski definition) is 7. The third-order valence-electron chi connectivity index (χ3n) is 6.80. The van der Waals surface area contributed by atoms with Crippen molar-refractivity contribution < 1.29 is 48.4 Å². The van der Waals surface area contributed by atoms with Crippen molar-refractivity contribution in [2.45, 2.75) is 49.1 Å². The molecule has 0 unspecified atom stereocenters. The molecule has 0 bridgehead atoms. The average Bonchev–Trinajstić information content (AvgIpc) is 3.70. The number of nitrogens with two attached hydrogens (primary N) is 2. The van der Waals surface area contributed by atoms with E-state index in [1.807, 2.05) is 0 Å². The molecule has 2 aliphatic heterocycles. The molecular weight excluding hydrogens is 571 g/mol. The van der Waals surface area contributed by atoms with E-state index in [2.05, 4.69) is 29.9 Å². The van der Waals surface area contributed by atoms with Crippen LogP contribution in [0, 0.1) is 0 Å². The molecule has 8 atom stereocenters. The van der Waals surface area contributed by atoms with Gasteiger partial charge in [0.15, 0.2) is 35.4 Å². The number of aromatic nitrogens is 8. The topological polar surface area (TPSA) is 294 Å². The first kappa shape index (κ1) is 27.7. The van der Waals surface area contributed by atoms with E-state index in [0.717, 1.165) is 0 Å². The SMILES string of the molecule is Nc1ncnc2c1ncn2[C@@H]1O[C@H](COP(=O)(O)OC[C@H]2O[C@@H](n3cnc4c(N)ncnc43)[C@@H](O)[C@@H]2O)[C@@H](O)[C@@H]1O. The number of aliphatic hydroxyl groups excluding tert-OH is 4. The van der Waals surface area contributed by atoms with Gasteiger partial charge in [-0.15, -0.1) is 0 Å². The summed E-state index contributed by atoms with van der Waals surface area (Å²) in [5, 5.41) is 42.0. The minimum atomic E-state index is -4.80. The first-order valence-electron chi connectivity index (χ1n) is 12.1. The summed E-state index contributed by atoms with van der Waals surface area (Å²) in [4.78, 5) is 34.2. The second kappa shape index (κ2) is 10.4. The van der Waals surface area contributed by atoms with Crippen LogP contribution in [0.2, 0.25) is 0 Å². The summed E-state index contributed by atoms with van der Waals surface area (Å²) in [6.45, 7) is -1.32. The number of nitrogens with zero attached hydrogens (tertiary/aromatic N) is 8. The third kappa shape index (κ3) is 4.89. The fourth-order valence-corrected chi connectivity index (χ4v) is 5.42. The molecular formula is C20H25N10O10P. The Labute approximate surface area is 228 Å². The Kier molecular flexibility index (Phi) is 7.06. The van der Waals surface area contributed by atoms with Gasteiger partial charge < -0.3 is 46.3 Å². The van der Waals surface area contributed by atoms with Crippen LogP contribution in [0.15, 0.2) is 25.3 Å². The van der Waals surface area contributed by atoms with Gasteiger partial charge >= 0.3 is 7.82 Å². The molecule has 0 saturated carbocycles. The molecule has 41 heavy (non-hydrogen) atoms. The van der Waals surface area contributed by atoms with Crippen LogP contribution in [-0.4, -0.2) is 114 Å². The van der Waals surface area contributed by atoms with Gasteiger partial charge in [-0.1, -0.05) is 0 Å². The van der Waals surface area contributed by atoms with Gasteiger partial charge in [-0.25, -0.2) is 34.5 Å². The molecule has 9 N–H and O–H groups in total. The molecule has 20 nitrogen and oxygen atoms in total. The smallest absolute Gasteiger partial charge is 0.387 e. The molecule has 0 aromatic carbocycles. The van der Waals surface area contributed by atoms with Gasteiger partial charge in [0.05, 0.1) is 25.9 Å². The van der Waals surface area contributed by atoms with E-state index in [9.17, 15) is 29.9 Å². The fraction of sp³-hybridized carbons (Fsp3) is 0.500. The quantitative estimate of drug-likeness (QED) is 0.101. The van der Waals surface area contributed by atoms with E-state index in [0.29, 0.717) is 0 Å². The Balaban J connectivity index is 1.07. The molecule has 4 aromatic heterocycles. The number of nitrogen functional groups attached to an aromatic ring is 2. The minimum absolute atomic E-state index is 0.104. The van der Waals surface area contributed by atoms with Gasteiger partial charge in [-0.05, 0) is 0 Å². The number of rotatable bonds is 8. The minimum Gasteiger partial charge on any atom is -0.387 e. The maximum Gasteiger partial charge on any atom is 0.472 e. The monoisotopic (exact) mass is 596 g/mol. The molecule has 0 aliphatic carbocycles. The van der Waals surface area contributed by atoms with Crippen LogP contribution in [0.1, 0.15) is 12.5 Å². The van der Waals surface area contributed by atoms with E-state index >= 15 is 0 Å². The maximum atomic E-state index is 12.6. The van der Waals surface area contributed by atoms with Gasteiger partial charge in [0, 0.05) is 0 Å². The lowest BCUT2D eigenvalue weighted by Crippen LogP contribution is -2.34. The molecule has 21 heteroatoms. The molecule has 6 rings (SSSR count). The number of imidazole rings is 2. The van der Waals surface area contributed by atoms with Gasteiger partial charge in [0.1, 0.15) is 60.3 Å². The van der Waals surface area contributed by atoms with E-state index in [-0.39, 0.29) is 34.0 Å². The molecule has 2 saturated heterocycles. The maximum absolute atomic E-state index is 12.6. The van der Waals surface area contributed by atoms with Gasteiger partial charge in [-0.2, -0.15) is 0 Å². The molecule has 0 spiro atoms. The molecule has 2 aliphatic rings. The van der Waals surface area contributed by atoms with Crippen molar-refractivity contribution in [1.29, 1.82) is 0 Å². The summed E-state index contributed by atoms with van der Waals surface area (Å²) in [7, 11) is -4.80. The number of hydrogen-bond acceptors (Lipinski definition) is 17. The molecule has 220 valence electrons. The number of aliphatic hydroxyl groups is 4. The molecule has 4 aromatic rings.